The fourth-order valence-corrected chi connectivity index (χ4v) is 3.33. The molecule has 0 bridgehead atoms. The Morgan fingerprint density at radius 1 is 0.962 bits per heavy atom. The van der Waals surface area contributed by atoms with Gasteiger partial charge in [-0.3, -0.25) is 0 Å². The first-order chi connectivity index (χ1) is 12.5. The summed E-state index contributed by atoms with van der Waals surface area (Å²) in [4.78, 5) is 0. The first-order valence-corrected chi connectivity index (χ1v) is 8.82. The quantitative estimate of drug-likeness (QED) is 0.622. The first-order valence-electron chi connectivity index (χ1n) is 8.82. The van der Waals surface area contributed by atoms with Gasteiger partial charge in [0.05, 0.1) is 5.41 Å². The molecule has 0 N–H and O–H groups in total. The number of hydrogen-bond donors (Lipinski definition) is 0. The maximum atomic E-state index is 13.6. The monoisotopic (exact) mass is 352 g/mol. The SMILES string of the molecule is C=CC#CC1(c2ccc(OCc3ccccc3)cc2)CCC(F)(F)CC1. The van der Waals surface area contributed by atoms with Crippen LogP contribution >= 0.6 is 0 Å². The first kappa shape index (κ1) is 18.2. The van der Waals surface area contributed by atoms with Gasteiger partial charge in [-0.2, -0.15) is 0 Å². The number of hydrogen-bond acceptors (Lipinski definition) is 1. The van der Waals surface area contributed by atoms with Gasteiger partial charge in [0.2, 0.25) is 5.92 Å². The van der Waals surface area contributed by atoms with Gasteiger partial charge in [0.25, 0.3) is 0 Å². The molecule has 3 heteroatoms. The molecule has 3 rings (SSSR count). The summed E-state index contributed by atoms with van der Waals surface area (Å²) in [6, 6.07) is 17.6. The molecule has 0 aromatic heterocycles. The molecule has 134 valence electrons. The molecular weight excluding hydrogens is 330 g/mol. The molecule has 1 aliphatic rings. The lowest BCUT2D eigenvalue weighted by atomic mass is 9.69. The smallest absolute Gasteiger partial charge is 0.248 e. The highest BCUT2D eigenvalue weighted by molar-refractivity contribution is 5.41. The second-order valence-corrected chi connectivity index (χ2v) is 6.71. The molecule has 2 aromatic rings. The number of allylic oxidation sites excluding steroid dienone is 1. The molecule has 0 heterocycles. The second-order valence-electron chi connectivity index (χ2n) is 6.71. The van der Waals surface area contributed by atoms with Gasteiger partial charge in [-0.05, 0) is 42.2 Å². The fourth-order valence-electron chi connectivity index (χ4n) is 3.33. The van der Waals surface area contributed by atoms with E-state index in [-0.39, 0.29) is 12.8 Å². The topological polar surface area (TPSA) is 9.23 Å². The molecule has 0 radical (unpaired) electrons. The predicted octanol–water partition coefficient (Wildman–Crippen LogP) is 5.90. The lowest BCUT2D eigenvalue weighted by molar-refractivity contribution is -0.0451. The molecule has 0 amide bonds. The second kappa shape index (κ2) is 7.74. The fraction of sp³-hybridized carbons (Fsp3) is 0.304. The molecule has 1 saturated carbocycles. The van der Waals surface area contributed by atoms with Crippen LogP contribution in [0.5, 0.6) is 5.75 Å². The van der Waals surface area contributed by atoms with Crippen LogP contribution in [0.25, 0.3) is 0 Å². The molecule has 1 aliphatic carbocycles. The van der Waals surface area contributed by atoms with Crippen molar-refractivity contribution < 1.29 is 13.5 Å². The number of ether oxygens (including phenoxy) is 1. The highest BCUT2D eigenvalue weighted by Crippen LogP contribution is 2.45. The zero-order valence-electron chi connectivity index (χ0n) is 14.7. The number of halogens is 2. The van der Waals surface area contributed by atoms with Crippen LogP contribution in [0.4, 0.5) is 8.78 Å². The molecule has 0 aliphatic heterocycles. The summed E-state index contributed by atoms with van der Waals surface area (Å²) in [7, 11) is 0. The van der Waals surface area contributed by atoms with Crippen molar-refractivity contribution in [3.05, 3.63) is 78.4 Å². The van der Waals surface area contributed by atoms with Crippen molar-refractivity contribution in [1.82, 2.24) is 0 Å². The number of rotatable bonds is 4. The Bertz CT molecular complexity index is 788. The van der Waals surface area contributed by atoms with E-state index in [2.05, 4.69) is 18.4 Å². The van der Waals surface area contributed by atoms with E-state index in [1.165, 1.54) is 6.08 Å². The summed E-state index contributed by atoms with van der Waals surface area (Å²) in [5.41, 5.74) is 1.53. The van der Waals surface area contributed by atoms with Crippen molar-refractivity contribution in [2.24, 2.45) is 0 Å². The van der Waals surface area contributed by atoms with Crippen LogP contribution in [0.2, 0.25) is 0 Å². The number of benzene rings is 2. The van der Waals surface area contributed by atoms with E-state index in [0.717, 1.165) is 16.9 Å². The Morgan fingerprint density at radius 3 is 2.23 bits per heavy atom. The largest absolute Gasteiger partial charge is 0.489 e. The molecule has 0 atom stereocenters. The predicted molar refractivity (Wildman–Crippen MR) is 100 cm³/mol. The van der Waals surface area contributed by atoms with E-state index < -0.39 is 11.3 Å². The van der Waals surface area contributed by atoms with Crippen molar-refractivity contribution in [3.63, 3.8) is 0 Å². The van der Waals surface area contributed by atoms with E-state index in [0.29, 0.717) is 19.4 Å². The summed E-state index contributed by atoms with van der Waals surface area (Å²) in [5, 5.41) is 0. The van der Waals surface area contributed by atoms with Gasteiger partial charge in [-0.1, -0.05) is 60.9 Å². The zero-order valence-corrected chi connectivity index (χ0v) is 14.7. The van der Waals surface area contributed by atoms with Gasteiger partial charge in [-0.25, -0.2) is 8.78 Å². The van der Waals surface area contributed by atoms with Gasteiger partial charge in [0, 0.05) is 12.8 Å². The third-order valence-corrected chi connectivity index (χ3v) is 4.90. The zero-order chi connectivity index (χ0) is 18.5. The Labute approximate surface area is 153 Å². The molecule has 2 aromatic carbocycles. The van der Waals surface area contributed by atoms with Gasteiger partial charge in [-0.15, -0.1) is 0 Å². The minimum atomic E-state index is -2.59. The van der Waals surface area contributed by atoms with Crippen LogP contribution in [-0.4, -0.2) is 5.92 Å². The van der Waals surface area contributed by atoms with Crippen LogP contribution < -0.4 is 4.74 Å². The van der Waals surface area contributed by atoms with Crippen molar-refractivity contribution in [2.75, 3.05) is 0 Å². The van der Waals surface area contributed by atoms with E-state index >= 15 is 0 Å². The van der Waals surface area contributed by atoms with Crippen LogP contribution in [0.1, 0.15) is 36.8 Å². The highest BCUT2D eigenvalue weighted by atomic mass is 19.3. The Morgan fingerprint density at radius 2 is 1.62 bits per heavy atom. The lowest BCUT2D eigenvalue weighted by Gasteiger charge is -2.36. The summed E-state index contributed by atoms with van der Waals surface area (Å²) in [5.74, 6) is 4.23. The molecule has 0 spiro atoms. The molecule has 1 nitrogen and oxygen atoms in total. The lowest BCUT2D eigenvalue weighted by Crippen LogP contribution is -2.35. The molecule has 26 heavy (non-hydrogen) atoms. The Hall–Kier alpha value is -2.60. The molecule has 1 fully saturated rings. The summed E-state index contributed by atoms with van der Waals surface area (Å²) in [6.07, 6.45) is 1.96. The van der Waals surface area contributed by atoms with Crippen LogP contribution in [0, 0.1) is 11.8 Å². The molecular formula is C23H22F2O. The van der Waals surface area contributed by atoms with Crippen LogP contribution in [0.15, 0.2) is 67.3 Å². The van der Waals surface area contributed by atoms with Gasteiger partial charge in [0.15, 0.2) is 0 Å². The standard InChI is InChI=1S/C23H22F2O/c1-2-3-13-22(14-16-23(24,25)17-15-22)20-9-11-21(12-10-20)26-18-19-7-5-4-6-8-19/h2,4-12H,1,14-18H2. The van der Waals surface area contributed by atoms with E-state index in [1.54, 1.807) is 0 Å². The summed E-state index contributed by atoms with van der Waals surface area (Å²) >= 11 is 0. The molecule has 0 saturated heterocycles. The van der Waals surface area contributed by atoms with E-state index in [9.17, 15) is 8.78 Å². The maximum absolute atomic E-state index is 13.6. The van der Waals surface area contributed by atoms with Gasteiger partial charge >= 0.3 is 0 Å². The minimum Gasteiger partial charge on any atom is -0.489 e. The highest BCUT2D eigenvalue weighted by Gasteiger charge is 2.43. The normalized spacial score (nSPS) is 17.6. The van der Waals surface area contributed by atoms with Crippen LogP contribution in [-0.2, 0) is 12.0 Å². The third-order valence-electron chi connectivity index (χ3n) is 4.90. The van der Waals surface area contributed by atoms with Gasteiger partial charge < -0.3 is 4.74 Å². The van der Waals surface area contributed by atoms with Gasteiger partial charge in [0.1, 0.15) is 12.4 Å². The minimum absolute atomic E-state index is 0.134. The number of alkyl halides is 2. The van der Waals surface area contributed by atoms with Crippen molar-refractivity contribution in [3.8, 4) is 17.6 Å². The molecule has 0 unspecified atom stereocenters. The Kier molecular flexibility index (Phi) is 5.42. The van der Waals surface area contributed by atoms with Crippen molar-refractivity contribution >= 4 is 0 Å². The van der Waals surface area contributed by atoms with Crippen molar-refractivity contribution in [2.45, 2.75) is 43.6 Å². The average Bonchev–Trinajstić information content (AvgIpc) is 2.67. The van der Waals surface area contributed by atoms with E-state index in [4.69, 9.17) is 4.74 Å². The Balaban J connectivity index is 1.75. The van der Waals surface area contributed by atoms with E-state index in [1.807, 2.05) is 54.6 Å². The maximum Gasteiger partial charge on any atom is 0.248 e. The van der Waals surface area contributed by atoms with Crippen molar-refractivity contribution in [1.29, 1.82) is 0 Å². The average molecular weight is 352 g/mol. The summed E-state index contributed by atoms with van der Waals surface area (Å²) < 4.78 is 33.1. The summed E-state index contributed by atoms with van der Waals surface area (Å²) in [6.45, 7) is 4.12. The third kappa shape index (κ3) is 4.32. The van der Waals surface area contributed by atoms with Crippen LogP contribution in [0.3, 0.4) is 0 Å².